The first-order chi connectivity index (χ1) is 10.3. The summed E-state index contributed by atoms with van der Waals surface area (Å²) < 4.78 is 5.71. The normalized spacial score (nSPS) is 15.0. The third-order valence-electron chi connectivity index (χ3n) is 4.01. The van der Waals surface area contributed by atoms with Crippen LogP contribution in [0.25, 0.3) is 0 Å². The van der Waals surface area contributed by atoms with E-state index >= 15 is 0 Å². The van der Waals surface area contributed by atoms with Gasteiger partial charge in [0, 0.05) is 18.7 Å². The van der Waals surface area contributed by atoms with E-state index in [9.17, 15) is 4.79 Å². The summed E-state index contributed by atoms with van der Waals surface area (Å²) in [5.41, 5.74) is 0.773. The molecule has 0 N–H and O–H groups in total. The van der Waals surface area contributed by atoms with Gasteiger partial charge >= 0.3 is 0 Å². The van der Waals surface area contributed by atoms with Crippen LogP contribution >= 0.6 is 0 Å². The highest BCUT2D eigenvalue weighted by Crippen LogP contribution is 2.17. The Morgan fingerprint density at radius 2 is 1.76 bits per heavy atom. The molecule has 2 rings (SSSR count). The van der Waals surface area contributed by atoms with Crippen molar-refractivity contribution in [1.82, 2.24) is 4.90 Å². The molecular formula is C18H27NO2. The molecule has 1 aliphatic rings. The Balaban J connectivity index is 1.79. The van der Waals surface area contributed by atoms with Crippen LogP contribution in [0.4, 0.5) is 0 Å². The molecule has 0 bridgehead atoms. The zero-order valence-electron chi connectivity index (χ0n) is 13.1. The van der Waals surface area contributed by atoms with E-state index in [0.717, 1.165) is 50.3 Å². The summed E-state index contributed by atoms with van der Waals surface area (Å²) in [6.07, 6.45) is 8.34. The lowest BCUT2D eigenvalue weighted by Crippen LogP contribution is -2.35. The van der Waals surface area contributed by atoms with Gasteiger partial charge in [0.2, 0.25) is 0 Å². The molecule has 0 spiro atoms. The van der Waals surface area contributed by atoms with E-state index in [-0.39, 0.29) is 5.91 Å². The molecule has 1 aliphatic heterocycles. The van der Waals surface area contributed by atoms with Gasteiger partial charge in [-0.1, -0.05) is 26.2 Å². The molecule has 0 saturated carbocycles. The highest BCUT2D eigenvalue weighted by Gasteiger charge is 2.17. The number of carbonyl (C=O) groups is 1. The third-order valence-corrected chi connectivity index (χ3v) is 4.01. The zero-order chi connectivity index (χ0) is 14.9. The van der Waals surface area contributed by atoms with Crippen LogP contribution in [0.2, 0.25) is 0 Å². The average Bonchev–Trinajstić information content (AvgIpc) is 2.55. The molecule has 1 amide bonds. The maximum Gasteiger partial charge on any atom is 0.253 e. The first kappa shape index (κ1) is 15.9. The molecule has 0 aliphatic carbocycles. The van der Waals surface area contributed by atoms with Gasteiger partial charge in [0.15, 0.2) is 0 Å². The van der Waals surface area contributed by atoms with Crippen molar-refractivity contribution in [2.75, 3.05) is 19.7 Å². The number of ether oxygens (including phenoxy) is 1. The van der Waals surface area contributed by atoms with Crippen LogP contribution in [0.5, 0.6) is 5.75 Å². The SMILES string of the molecule is CCCCCCOc1ccc(C(=O)N2CCCCC2)cc1. The van der Waals surface area contributed by atoms with Gasteiger partial charge in [-0.3, -0.25) is 4.79 Å². The molecule has 1 fully saturated rings. The Labute approximate surface area is 128 Å². The molecule has 3 nitrogen and oxygen atoms in total. The fraction of sp³-hybridized carbons (Fsp3) is 0.611. The number of benzene rings is 1. The number of piperidine rings is 1. The second-order valence-electron chi connectivity index (χ2n) is 5.79. The Bertz CT molecular complexity index is 421. The summed E-state index contributed by atoms with van der Waals surface area (Å²) in [6, 6.07) is 7.60. The molecule has 21 heavy (non-hydrogen) atoms. The van der Waals surface area contributed by atoms with Crippen molar-refractivity contribution in [2.24, 2.45) is 0 Å². The Morgan fingerprint density at radius 3 is 2.43 bits per heavy atom. The fourth-order valence-corrected chi connectivity index (χ4v) is 2.69. The van der Waals surface area contributed by atoms with Gasteiger partial charge in [-0.15, -0.1) is 0 Å². The standard InChI is InChI=1S/C18H27NO2/c1-2-3-4-8-15-21-17-11-9-16(10-12-17)18(20)19-13-6-5-7-14-19/h9-12H,2-8,13-15H2,1H3. The van der Waals surface area contributed by atoms with Crippen molar-refractivity contribution in [2.45, 2.75) is 51.9 Å². The van der Waals surface area contributed by atoms with Crippen LogP contribution in [-0.4, -0.2) is 30.5 Å². The lowest BCUT2D eigenvalue weighted by Gasteiger charge is -2.26. The molecular weight excluding hydrogens is 262 g/mol. The lowest BCUT2D eigenvalue weighted by molar-refractivity contribution is 0.0724. The third kappa shape index (κ3) is 5.07. The topological polar surface area (TPSA) is 29.5 Å². The molecule has 1 heterocycles. The molecule has 1 aromatic carbocycles. The Morgan fingerprint density at radius 1 is 1.05 bits per heavy atom. The molecule has 0 aromatic heterocycles. The van der Waals surface area contributed by atoms with Crippen molar-refractivity contribution < 1.29 is 9.53 Å². The van der Waals surface area contributed by atoms with Gasteiger partial charge in [-0.2, -0.15) is 0 Å². The molecule has 3 heteroatoms. The van der Waals surface area contributed by atoms with E-state index < -0.39 is 0 Å². The molecule has 0 atom stereocenters. The minimum Gasteiger partial charge on any atom is -0.494 e. The summed E-state index contributed by atoms with van der Waals surface area (Å²) in [7, 11) is 0. The second kappa shape index (κ2) is 8.71. The van der Waals surface area contributed by atoms with E-state index in [1.54, 1.807) is 0 Å². The van der Waals surface area contributed by atoms with Crippen LogP contribution in [0.3, 0.4) is 0 Å². The second-order valence-corrected chi connectivity index (χ2v) is 5.79. The monoisotopic (exact) mass is 289 g/mol. The van der Waals surface area contributed by atoms with Gasteiger partial charge in [-0.05, 0) is 49.9 Å². The first-order valence-electron chi connectivity index (χ1n) is 8.33. The van der Waals surface area contributed by atoms with Crippen LogP contribution in [0, 0.1) is 0 Å². The number of nitrogens with zero attached hydrogens (tertiary/aromatic N) is 1. The van der Waals surface area contributed by atoms with Crippen LogP contribution < -0.4 is 4.74 Å². The predicted molar refractivity (Wildman–Crippen MR) is 85.8 cm³/mol. The van der Waals surface area contributed by atoms with E-state index in [4.69, 9.17) is 4.74 Å². The fourth-order valence-electron chi connectivity index (χ4n) is 2.69. The van der Waals surface area contributed by atoms with E-state index in [1.165, 1.54) is 25.7 Å². The highest BCUT2D eigenvalue weighted by atomic mass is 16.5. The van der Waals surface area contributed by atoms with Crippen LogP contribution in [0.1, 0.15) is 62.2 Å². The van der Waals surface area contributed by atoms with E-state index in [2.05, 4.69) is 6.92 Å². The van der Waals surface area contributed by atoms with Crippen molar-refractivity contribution in [1.29, 1.82) is 0 Å². The maximum atomic E-state index is 12.3. The minimum atomic E-state index is 0.157. The van der Waals surface area contributed by atoms with Gasteiger partial charge in [-0.25, -0.2) is 0 Å². The van der Waals surface area contributed by atoms with Crippen LogP contribution in [0.15, 0.2) is 24.3 Å². The smallest absolute Gasteiger partial charge is 0.253 e. The molecule has 1 saturated heterocycles. The van der Waals surface area contributed by atoms with Crippen LogP contribution in [-0.2, 0) is 0 Å². The summed E-state index contributed by atoms with van der Waals surface area (Å²) in [6.45, 7) is 4.77. The molecule has 0 unspecified atom stereocenters. The summed E-state index contributed by atoms with van der Waals surface area (Å²) in [4.78, 5) is 14.3. The van der Waals surface area contributed by atoms with Crippen molar-refractivity contribution in [3.63, 3.8) is 0 Å². The summed E-state index contributed by atoms with van der Waals surface area (Å²) in [5, 5.41) is 0. The van der Waals surface area contributed by atoms with Gasteiger partial charge in [0.1, 0.15) is 5.75 Å². The number of hydrogen-bond donors (Lipinski definition) is 0. The van der Waals surface area contributed by atoms with Crippen molar-refractivity contribution >= 4 is 5.91 Å². The number of carbonyl (C=O) groups excluding carboxylic acids is 1. The van der Waals surface area contributed by atoms with E-state index in [1.807, 2.05) is 29.2 Å². The largest absolute Gasteiger partial charge is 0.494 e. The van der Waals surface area contributed by atoms with Gasteiger partial charge < -0.3 is 9.64 Å². The number of unbranched alkanes of at least 4 members (excludes halogenated alkanes) is 3. The number of hydrogen-bond acceptors (Lipinski definition) is 2. The van der Waals surface area contributed by atoms with Gasteiger partial charge in [0.05, 0.1) is 6.61 Å². The Kier molecular flexibility index (Phi) is 6.58. The average molecular weight is 289 g/mol. The van der Waals surface area contributed by atoms with E-state index in [0.29, 0.717) is 0 Å². The van der Waals surface area contributed by atoms with Crippen molar-refractivity contribution in [3.05, 3.63) is 29.8 Å². The van der Waals surface area contributed by atoms with Crippen molar-refractivity contribution in [3.8, 4) is 5.75 Å². The molecule has 116 valence electrons. The summed E-state index contributed by atoms with van der Waals surface area (Å²) in [5.74, 6) is 1.02. The first-order valence-corrected chi connectivity index (χ1v) is 8.33. The number of likely N-dealkylation sites (tertiary alicyclic amines) is 1. The quantitative estimate of drug-likeness (QED) is 0.701. The maximum absolute atomic E-state index is 12.3. The number of amides is 1. The minimum absolute atomic E-state index is 0.157. The zero-order valence-corrected chi connectivity index (χ0v) is 13.1. The highest BCUT2D eigenvalue weighted by molar-refractivity contribution is 5.94. The number of rotatable bonds is 7. The Hall–Kier alpha value is -1.51. The van der Waals surface area contributed by atoms with Gasteiger partial charge in [0.25, 0.3) is 5.91 Å². The summed E-state index contributed by atoms with van der Waals surface area (Å²) >= 11 is 0. The molecule has 0 radical (unpaired) electrons. The molecule has 1 aromatic rings. The lowest BCUT2D eigenvalue weighted by atomic mass is 10.1. The predicted octanol–water partition coefficient (Wildman–Crippen LogP) is 4.27.